The molecule has 126 valence electrons. The molecule has 2 aromatic carbocycles. The zero-order valence-corrected chi connectivity index (χ0v) is 14.8. The van der Waals surface area contributed by atoms with Crippen LogP contribution in [0.5, 0.6) is 0 Å². The highest BCUT2D eigenvalue weighted by Crippen LogP contribution is 2.25. The molecule has 1 atom stereocenters. The van der Waals surface area contributed by atoms with E-state index in [2.05, 4.69) is 20.6 Å². The fourth-order valence-electron chi connectivity index (χ4n) is 2.79. The molecule has 6 nitrogen and oxygen atoms in total. The highest BCUT2D eigenvalue weighted by molar-refractivity contribution is 7.18. The molecule has 0 aliphatic carbocycles. The van der Waals surface area contributed by atoms with Crippen LogP contribution >= 0.6 is 11.3 Å². The first kappa shape index (κ1) is 15.7. The first-order valence-corrected chi connectivity index (χ1v) is 8.80. The van der Waals surface area contributed by atoms with E-state index in [-0.39, 0.29) is 0 Å². The molecule has 0 saturated carbocycles. The van der Waals surface area contributed by atoms with Crippen molar-refractivity contribution in [2.24, 2.45) is 15.9 Å². The monoisotopic (exact) mass is 350 g/mol. The Bertz CT molecular complexity index is 976. The van der Waals surface area contributed by atoms with E-state index in [4.69, 9.17) is 5.73 Å². The largest absolute Gasteiger partial charge is 0.304 e. The normalized spacial score (nSPS) is 18.8. The Balaban J connectivity index is 1.57. The molecule has 4 rings (SSSR count). The summed E-state index contributed by atoms with van der Waals surface area (Å²) >= 11 is 1.68. The number of nitrogens with two attached hydrogens (primary N) is 1. The zero-order valence-electron chi connectivity index (χ0n) is 14.0. The van der Waals surface area contributed by atoms with E-state index in [1.165, 1.54) is 4.70 Å². The van der Waals surface area contributed by atoms with Crippen LogP contribution in [0.1, 0.15) is 11.9 Å². The van der Waals surface area contributed by atoms with Crippen LogP contribution in [-0.4, -0.2) is 22.6 Å². The lowest BCUT2D eigenvalue weighted by atomic mass is 10.2. The van der Waals surface area contributed by atoms with Crippen molar-refractivity contribution in [1.82, 2.24) is 4.98 Å². The van der Waals surface area contributed by atoms with Gasteiger partial charge in [-0.1, -0.05) is 18.2 Å². The van der Waals surface area contributed by atoms with E-state index in [9.17, 15) is 0 Å². The lowest BCUT2D eigenvalue weighted by Gasteiger charge is -2.19. The molecule has 0 fully saturated rings. The van der Waals surface area contributed by atoms with Crippen LogP contribution < -0.4 is 16.2 Å². The van der Waals surface area contributed by atoms with Crippen molar-refractivity contribution in [3.8, 4) is 0 Å². The summed E-state index contributed by atoms with van der Waals surface area (Å²) in [6.07, 6.45) is -0.417. The Morgan fingerprint density at radius 3 is 2.76 bits per heavy atom. The number of nitrogens with one attached hydrogen (secondary N) is 1. The minimum Gasteiger partial charge on any atom is -0.304 e. The van der Waals surface area contributed by atoms with E-state index in [1.807, 2.05) is 62.4 Å². The zero-order chi connectivity index (χ0) is 17.4. The van der Waals surface area contributed by atoms with E-state index in [0.717, 1.165) is 33.3 Å². The molecule has 25 heavy (non-hydrogen) atoms. The molecule has 1 aliphatic rings. The number of rotatable bonds is 3. The predicted octanol–water partition coefficient (Wildman–Crippen LogP) is 3.55. The van der Waals surface area contributed by atoms with E-state index >= 15 is 0 Å². The lowest BCUT2D eigenvalue weighted by molar-refractivity contribution is 0.801. The van der Waals surface area contributed by atoms with Crippen molar-refractivity contribution in [3.63, 3.8) is 0 Å². The number of para-hydroxylation sites is 1. The molecule has 0 saturated heterocycles. The number of aryl methyl sites for hydroxylation is 1. The van der Waals surface area contributed by atoms with Crippen LogP contribution in [0.2, 0.25) is 0 Å². The molecule has 3 N–H and O–H groups in total. The summed E-state index contributed by atoms with van der Waals surface area (Å²) < 4.78 is 1.17. The molecular weight excluding hydrogens is 332 g/mol. The second kappa shape index (κ2) is 6.27. The van der Waals surface area contributed by atoms with Crippen molar-refractivity contribution >= 4 is 44.4 Å². The molecular formula is C18H18N6S. The molecule has 3 aromatic rings. The lowest BCUT2D eigenvalue weighted by Crippen LogP contribution is -2.41. The van der Waals surface area contributed by atoms with Crippen LogP contribution in [0.4, 0.5) is 11.4 Å². The van der Waals surface area contributed by atoms with Crippen molar-refractivity contribution in [2.75, 3.05) is 10.4 Å². The highest BCUT2D eigenvalue weighted by atomic mass is 32.1. The smallest absolute Gasteiger partial charge is 0.146 e. The SMILES string of the molecule is CC1=NN(c2ccccc2)[C@@H](N)/C1=N/Nc1ccc2sc(C)nc2c1. The third-order valence-corrected chi connectivity index (χ3v) is 4.94. The predicted molar refractivity (Wildman–Crippen MR) is 105 cm³/mol. The topological polar surface area (TPSA) is 78.9 Å². The van der Waals surface area contributed by atoms with Crippen molar-refractivity contribution in [3.05, 3.63) is 53.5 Å². The maximum absolute atomic E-state index is 6.33. The second-order valence-corrected chi connectivity index (χ2v) is 7.07. The number of benzene rings is 2. The van der Waals surface area contributed by atoms with Crippen LogP contribution in [0.25, 0.3) is 10.2 Å². The van der Waals surface area contributed by atoms with Crippen LogP contribution in [0, 0.1) is 6.92 Å². The Labute approximate surface area is 149 Å². The van der Waals surface area contributed by atoms with Gasteiger partial charge in [-0.15, -0.1) is 11.3 Å². The third kappa shape index (κ3) is 2.99. The number of nitrogens with zero attached hydrogens (tertiary/aromatic N) is 4. The first-order chi connectivity index (χ1) is 12.1. The van der Waals surface area contributed by atoms with Gasteiger partial charge in [0, 0.05) is 0 Å². The molecule has 0 amide bonds. The molecule has 0 unspecified atom stereocenters. The van der Waals surface area contributed by atoms with Gasteiger partial charge >= 0.3 is 0 Å². The number of thiazole rings is 1. The maximum Gasteiger partial charge on any atom is 0.146 e. The fraction of sp³-hybridized carbons (Fsp3) is 0.167. The van der Waals surface area contributed by atoms with E-state index in [1.54, 1.807) is 16.3 Å². The summed E-state index contributed by atoms with van der Waals surface area (Å²) in [6, 6.07) is 15.9. The Morgan fingerprint density at radius 2 is 1.96 bits per heavy atom. The number of hydrogen-bond acceptors (Lipinski definition) is 7. The van der Waals surface area contributed by atoms with Gasteiger partial charge in [-0.05, 0) is 44.2 Å². The van der Waals surface area contributed by atoms with Crippen LogP contribution in [-0.2, 0) is 0 Å². The summed E-state index contributed by atoms with van der Waals surface area (Å²) in [5.74, 6) is 0. The standard InChI is InChI=1S/C18H18N6S/c1-11-17(18(19)24(23-11)14-6-4-3-5-7-14)22-21-13-8-9-16-15(10-13)20-12(2)25-16/h3-10,18,21H,19H2,1-2H3/b22-17+/t18-/m1/s1. The van der Waals surface area contributed by atoms with Crippen molar-refractivity contribution in [1.29, 1.82) is 0 Å². The number of aromatic nitrogens is 1. The minimum atomic E-state index is -0.417. The van der Waals surface area contributed by atoms with Crippen molar-refractivity contribution < 1.29 is 0 Å². The molecule has 0 spiro atoms. The minimum absolute atomic E-state index is 0.417. The average Bonchev–Trinajstić information content (AvgIpc) is 3.12. The van der Waals surface area contributed by atoms with Gasteiger partial charge in [-0.2, -0.15) is 10.2 Å². The number of anilines is 2. The maximum atomic E-state index is 6.33. The Morgan fingerprint density at radius 1 is 1.16 bits per heavy atom. The van der Waals surface area contributed by atoms with Crippen LogP contribution in [0.15, 0.2) is 58.7 Å². The van der Waals surface area contributed by atoms with Gasteiger partial charge in [-0.3, -0.25) is 5.43 Å². The first-order valence-electron chi connectivity index (χ1n) is 7.98. The van der Waals surface area contributed by atoms with Gasteiger partial charge in [-0.25, -0.2) is 9.99 Å². The van der Waals surface area contributed by atoms with Gasteiger partial charge in [0.05, 0.1) is 32.3 Å². The fourth-order valence-corrected chi connectivity index (χ4v) is 3.60. The van der Waals surface area contributed by atoms with E-state index in [0.29, 0.717) is 0 Å². The number of fused-ring (bicyclic) bond motifs is 1. The average molecular weight is 350 g/mol. The highest BCUT2D eigenvalue weighted by Gasteiger charge is 2.29. The van der Waals surface area contributed by atoms with Gasteiger partial charge in [0.15, 0.2) is 0 Å². The second-order valence-electron chi connectivity index (χ2n) is 5.83. The van der Waals surface area contributed by atoms with Gasteiger partial charge in [0.25, 0.3) is 0 Å². The molecule has 2 heterocycles. The summed E-state index contributed by atoms with van der Waals surface area (Å²) in [7, 11) is 0. The Hall–Kier alpha value is -2.77. The van der Waals surface area contributed by atoms with Gasteiger partial charge in [0.2, 0.25) is 0 Å². The Kier molecular flexibility index (Phi) is 3.95. The third-order valence-electron chi connectivity index (χ3n) is 3.99. The summed E-state index contributed by atoms with van der Waals surface area (Å²) in [6.45, 7) is 3.92. The summed E-state index contributed by atoms with van der Waals surface area (Å²) in [5.41, 5.74) is 13.7. The molecule has 0 radical (unpaired) electrons. The molecule has 7 heteroatoms. The van der Waals surface area contributed by atoms with Gasteiger partial charge < -0.3 is 5.73 Å². The quantitative estimate of drug-likeness (QED) is 0.708. The molecule has 1 aromatic heterocycles. The van der Waals surface area contributed by atoms with Gasteiger partial charge in [0.1, 0.15) is 11.9 Å². The van der Waals surface area contributed by atoms with E-state index < -0.39 is 6.17 Å². The number of hydrogen-bond donors (Lipinski definition) is 2. The molecule has 1 aliphatic heterocycles. The molecule has 0 bridgehead atoms. The van der Waals surface area contributed by atoms with Crippen molar-refractivity contribution in [2.45, 2.75) is 20.0 Å². The summed E-state index contributed by atoms with van der Waals surface area (Å²) in [5, 5.41) is 11.9. The number of hydrazone groups is 2. The summed E-state index contributed by atoms with van der Waals surface area (Å²) in [4.78, 5) is 4.51. The van der Waals surface area contributed by atoms with Crippen LogP contribution in [0.3, 0.4) is 0 Å².